The molecule has 6 heteroatoms. The Balaban J connectivity index is 2.34. The van der Waals surface area contributed by atoms with Gasteiger partial charge in [0.2, 0.25) is 0 Å². The number of aromatic nitrogens is 2. The lowest BCUT2D eigenvalue weighted by atomic mass is 10.1. The molecule has 0 radical (unpaired) electrons. The summed E-state index contributed by atoms with van der Waals surface area (Å²) < 4.78 is 8.41. The van der Waals surface area contributed by atoms with E-state index in [0.29, 0.717) is 22.8 Å². The molecule has 2 N–H and O–H groups in total. The summed E-state index contributed by atoms with van der Waals surface area (Å²) in [5.74, 6) is 0.619. The van der Waals surface area contributed by atoms with Gasteiger partial charge in [0.15, 0.2) is 0 Å². The van der Waals surface area contributed by atoms with Crippen LogP contribution < -0.4 is 16.2 Å². The largest absolute Gasteiger partial charge is 0.496 e. The molecule has 0 saturated heterocycles. The fourth-order valence-corrected chi connectivity index (χ4v) is 2.03. The van der Waals surface area contributed by atoms with Crippen molar-refractivity contribution in [3.63, 3.8) is 0 Å². The van der Waals surface area contributed by atoms with Gasteiger partial charge in [0.05, 0.1) is 19.2 Å². The molecular formula is C13H15N3O2S. The van der Waals surface area contributed by atoms with Gasteiger partial charge in [-0.15, -0.1) is 0 Å². The van der Waals surface area contributed by atoms with Crippen LogP contribution in [0.1, 0.15) is 11.1 Å². The standard InChI is InChI=1S/C13H15N3O2S/c1-15-5-6-16(13(15)17)8-9-3-4-10(12(14)19)11(7-9)18-2/h3-7H,8H2,1-2H3,(H2,14,19). The molecule has 0 fully saturated rings. The Labute approximate surface area is 116 Å². The molecule has 1 heterocycles. The van der Waals surface area contributed by atoms with Crippen molar-refractivity contribution in [3.8, 4) is 5.75 Å². The average molecular weight is 277 g/mol. The Morgan fingerprint density at radius 1 is 1.42 bits per heavy atom. The maximum Gasteiger partial charge on any atom is 0.328 e. The highest BCUT2D eigenvalue weighted by molar-refractivity contribution is 7.80. The number of nitrogens with two attached hydrogens (primary N) is 1. The molecule has 5 nitrogen and oxygen atoms in total. The van der Waals surface area contributed by atoms with Gasteiger partial charge in [0.1, 0.15) is 10.7 Å². The van der Waals surface area contributed by atoms with Crippen LogP contribution in [0.25, 0.3) is 0 Å². The third kappa shape index (κ3) is 2.68. The molecule has 0 bridgehead atoms. The molecular weight excluding hydrogens is 262 g/mol. The number of thiocarbonyl (C=S) groups is 1. The van der Waals surface area contributed by atoms with Crippen LogP contribution in [0, 0.1) is 0 Å². The minimum atomic E-state index is -0.0580. The molecule has 2 aromatic rings. The molecule has 1 aromatic carbocycles. The molecule has 0 unspecified atom stereocenters. The summed E-state index contributed by atoms with van der Waals surface area (Å²) in [5, 5.41) is 0. The zero-order valence-electron chi connectivity index (χ0n) is 10.8. The monoisotopic (exact) mass is 277 g/mol. The topological polar surface area (TPSA) is 62.2 Å². The number of hydrogen-bond donors (Lipinski definition) is 1. The van der Waals surface area contributed by atoms with Crippen molar-refractivity contribution in [2.24, 2.45) is 12.8 Å². The summed E-state index contributed by atoms with van der Waals surface area (Å²) in [4.78, 5) is 12.0. The van der Waals surface area contributed by atoms with Crippen LogP contribution in [0.15, 0.2) is 35.4 Å². The van der Waals surface area contributed by atoms with E-state index in [2.05, 4.69) is 0 Å². The lowest BCUT2D eigenvalue weighted by Crippen LogP contribution is -2.22. The quantitative estimate of drug-likeness (QED) is 0.843. The number of ether oxygens (including phenoxy) is 1. The first-order valence-electron chi connectivity index (χ1n) is 5.71. The van der Waals surface area contributed by atoms with E-state index in [0.717, 1.165) is 5.56 Å². The van der Waals surface area contributed by atoms with E-state index in [-0.39, 0.29) is 5.69 Å². The SMILES string of the molecule is COc1cc(Cn2ccn(C)c2=O)ccc1C(N)=S. The van der Waals surface area contributed by atoms with Crippen LogP contribution in [0.5, 0.6) is 5.75 Å². The Morgan fingerprint density at radius 3 is 2.68 bits per heavy atom. The summed E-state index contributed by atoms with van der Waals surface area (Å²) >= 11 is 4.95. The molecule has 2 rings (SSSR count). The Bertz CT molecular complexity index is 673. The smallest absolute Gasteiger partial charge is 0.328 e. The lowest BCUT2D eigenvalue weighted by molar-refractivity contribution is 0.413. The molecule has 0 aliphatic rings. The van der Waals surface area contributed by atoms with Crippen LogP contribution in [0.2, 0.25) is 0 Å². The van der Waals surface area contributed by atoms with E-state index >= 15 is 0 Å². The van der Waals surface area contributed by atoms with Crippen LogP contribution >= 0.6 is 12.2 Å². The van der Waals surface area contributed by atoms with Gasteiger partial charge < -0.3 is 15.0 Å². The highest BCUT2D eigenvalue weighted by Crippen LogP contribution is 2.20. The molecule has 0 aliphatic carbocycles. The summed E-state index contributed by atoms with van der Waals surface area (Å²) in [7, 11) is 3.28. The van der Waals surface area contributed by atoms with Crippen LogP contribution in [-0.2, 0) is 13.6 Å². The van der Waals surface area contributed by atoms with Gasteiger partial charge in [-0.3, -0.25) is 4.57 Å². The summed E-state index contributed by atoms with van der Waals surface area (Å²) in [6, 6.07) is 5.54. The third-order valence-corrected chi connectivity index (χ3v) is 3.12. The van der Waals surface area contributed by atoms with Crippen LogP contribution in [0.4, 0.5) is 0 Å². The highest BCUT2D eigenvalue weighted by atomic mass is 32.1. The summed E-state index contributed by atoms with van der Waals surface area (Å²) in [5.41, 5.74) is 7.20. The predicted molar refractivity (Wildman–Crippen MR) is 77.7 cm³/mol. The van der Waals surface area contributed by atoms with E-state index in [1.807, 2.05) is 18.2 Å². The maximum atomic E-state index is 11.8. The number of rotatable bonds is 4. The minimum Gasteiger partial charge on any atom is -0.496 e. The van der Waals surface area contributed by atoms with Crippen molar-refractivity contribution < 1.29 is 4.74 Å². The Morgan fingerprint density at radius 2 is 2.16 bits per heavy atom. The molecule has 0 atom stereocenters. The van der Waals surface area contributed by atoms with Crippen LogP contribution in [-0.4, -0.2) is 21.2 Å². The van der Waals surface area contributed by atoms with Gasteiger partial charge in [-0.25, -0.2) is 4.79 Å². The molecule has 0 spiro atoms. The highest BCUT2D eigenvalue weighted by Gasteiger charge is 2.08. The normalized spacial score (nSPS) is 10.4. The second kappa shape index (κ2) is 5.27. The van der Waals surface area contributed by atoms with E-state index in [1.165, 1.54) is 4.57 Å². The fraction of sp³-hybridized carbons (Fsp3) is 0.231. The van der Waals surface area contributed by atoms with Gasteiger partial charge >= 0.3 is 5.69 Å². The van der Waals surface area contributed by atoms with E-state index in [9.17, 15) is 4.79 Å². The van der Waals surface area contributed by atoms with Gasteiger partial charge in [0.25, 0.3) is 0 Å². The van der Waals surface area contributed by atoms with Crippen molar-refractivity contribution in [1.82, 2.24) is 9.13 Å². The van der Waals surface area contributed by atoms with Crippen molar-refractivity contribution in [3.05, 3.63) is 52.2 Å². The molecule has 100 valence electrons. The van der Waals surface area contributed by atoms with Crippen molar-refractivity contribution >= 4 is 17.2 Å². The first kappa shape index (κ1) is 13.4. The van der Waals surface area contributed by atoms with Gasteiger partial charge in [-0.2, -0.15) is 0 Å². The van der Waals surface area contributed by atoms with Crippen molar-refractivity contribution in [2.45, 2.75) is 6.54 Å². The lowest BCUT2D eigenvalue weighted by Gasteiger charge is -2.09. The summed E-state index contributed by atoms with van der Waals surface area (Å²) in [6.45, 7) is 0.480. The zero-order chi connectivity index (χ0) is 14.0. The van der Waals surface area contributed by atoms with E-state index < -0.39 is 0 Å². The Hall–Kier alpha value is -2.08. The first-order valence-corrected chi connectivity index (χ1v) is 6.12. The van der Waals surface area contributed by atoms with Gasteiger partial charge in [-0.05, 0) is 17.7 Å². The number of benzene rings is 1. The molecule has 19 heavy (non-hydrogen) atoms. The number of nitrogens with zero attached hydrogens (tertiary/aromatic N) is 2. The first-order chi connectivity index (χ1) is 9.02. The maximum absolute atomic E-state index is 11.8. The second-order valence-electron chi connectivity index (χ2n) is 4.22. The minimum absolute atomic E-state index is 0.0580. The van der Waals surface area contributed by atoms with E-state index in [4.69, 9.17) is 22.7 Å². The van der Waals surface area contributed by atoms with Crippen LogP contribution in [0.3, 0.4) is 0 Å². The predicted octanol–water partition coefficient (Wildman–Crippen LogP) is 0.878. The number of aryl methyl sites for hydroxylation is 1. The Kier molecular flexibility index (Phi) is 3.71. The zero-order valence-corrected chi connectivity index (χ0v) is 11.6. The van der Waals surface area contributed by atoms with Gasteiger partial charge in [0, 0.05) is 19.4 Å². The molecule has 0 aliphatic heterocycles. The van der Waals surface area contributed by atoms with E-state index in [1.54, 1.807) is 31.1 Å². The fourth-order valence-electron chi connectivity index (χ4n) is 1.87. The molecule has 1 aromatic heterocycles. The third-order valence-electron chi connectivity index (χ3n) is 2.90. The van der Waals surface area contributed by atoms with Gasteiger partial charge in [-0.1, -0.05) is 18.3 Å². The number of hydrogen-bond acceptors (Lipinski definition) is 3. The van der Waals surface area contributed by atoms with Crippen molar-refractivity contribution in [2.75, 3.05) is 7.11 Å². The second-order valence-corrected chi connectivity index (χ2v) is 4.66. The van der Waals surface area contributed by atoms with Crippen molar-refractivity contribution in [1.29, 1.82) is 0 Å². The number of imidazole rings is 1. The number of methoxy groups -OCH3 is 1. The molecule has 0 saturated carbocycles. The molecule has 0 amide bonds. The average Bonchev–Trinajstić information content (AvgIpc) is 2.70. The summed E-state index contributed by atoms with van der Waals surface area (Å²) in [6.07, 6.45) is 3.47.